The molecule has 0 saturated heterocycles. The molecule has 10 nitrogen and oxygen atoms in total. The summed E-state index contributed by atoms with van der Waals surface area (Å²) in [5.74, 6) is 7.73. The maximum absolute atomic E-state index is 12.4. The number of hydrogen-bond donors (Lipinski definition) is 2. The number of carbonyl (C=O) groups is 1. The van der Waals surface area contributed by atoms with Gasteiger partial charge in [0.25, 0.3) is 0 Å². The molecule has 4 N–H and O–H groups in total. The van der Waals surface area contributed by atoms with Gasteiger partial charge in [0, 0.05) is 18.2 Å². The standard InChI is InChI=1S/C26H28N4O6/c1-6-36-25(31)18-12-17(23(35-5)21(13-18)33-3)8-7-16-9-15(11-20(32-2)22(16)34-4)10-19-14-29-26(28)30-24(19)27/h9,11-14H,6,10H2,1-5H3,(H4,27,28,29,30). The number of benzene rings is 2. The Kier molecular flexibility index (Phi) is 8.41. The highest BCUT2D eigenvalue weighted by molar-refractivity contribution is 5.91. The third-order valence-electron chi connectivity index (χ3n) is 5.17. The number of hydrogen-bond acceptors (Lipinski definition) is 10. The summed E-state index contributed by atoms with van der Waals surface area (Å²) in [6.45, 7) is 1.97. The van der Waals surface area contributed by atoms with Gasteiger partial charge < -0.3 is 35.2 Å². The summed E-state index contributed by atoms with van der Waals surface area (Å²) in [5, 5.41) is 0. The summed E-state index contributed by atoms with van der Waals surface area (Å²) >= 11 is 0. The van der Waals surface area contributed by atoms with Crippen LogP contribution < -0.4 is 30.4 Å². The van der Waals surface area contributed by atoms with Crippen molar-refractivity contribution in [2.24, 2.45) is 0 Å². The maximum atomic E-state index is 12.4. The number of methoxy groups -OCH3 is 4. The highest BCUT2D eigenvalue weighted by atomic mass is 16.5. The van der Waals surface area contributed by atoms with E-state index in [4.69, 9.17) is 35.2 Å². The first-order valence-electron chi connectivity index (χ1n) is 10.9. The molecule has 0 amide bonds. The van der Waals surface area contributed by atoms with E-state index in [1.54, 1.807) is 25.3 Å². The molecule has 0 spiro atoms. The Labute approximate surface area is 209 Å². The van der Waals surface area contributed by atoms with Crippen LogP contribution in [0.3, 0.4) is 0 Å². The highest BCUT2D eigenvalue weighted by Gasteiger charge is 2.17. The minimum Gasteiger partial charge on any atom is -0.493 e. The highest BCUT2D eigenvalue weighted by Crippen LogP contribution is 2.35. The second-order valence-corrected chi connectivity index (χ2v) is 7.42. The van der Waals surface area contributed by atoms with Gasteiger partial charge in [-0.25, -0.2) is 9.78 Å². The molecule has 0 atom stereocenters. The predicted molar refractivity (Wildman–Crippen MR) is 135 cm³/mol. The van der Waals surface area contributed by atoms with Crippen LogP contribution in [0.15, 0.2) is 30.5 Å². The van der Waals surface area contributed by atoms with Crippen molar-refractivity contribution in [3.63, 3.8) is 0 Å². The lowest BCUT2D eigenvalue weighted by atomic mass is 10.0. The second-order valence-electron chi connectivity index (χ2n) is 7.42. The lowest BCUT2D eigenvalue weighted by Crippen LogP contribution is -2.06. The van der Waals surface area contributed by atoms with Gasteiger partial charge in [-0.3, -0.25) is 0 Å². The number of ether oxygens (including phenoxy) is 5. The lowest BCUT2D eigenvalue weighted by Gasteiger charge is -2.13. The normalized spacial score (nSPS) is 10.1. The van der Waals surface area contributed by atoms with Crippen LogP contribution in [0.5, 0.6) is 23.0 Å². The Morgan fingerprint density at radius 2 is 1.50 bits per heavy atom. The van der Waals surface area contributed by atoms with Crippen LogP contribution in [0.4, 0.5) is 11.8 Å². The zero-order valence-electron chi connectivity index (χ0n) is 20.8. The van der Waals surface area contributed by atoms with E-state index in [1.165, 1.54) is 28.4 Å². The maximum Gasteiger partial charge on any atom is 0.338 e. The van der Waals surface area contributed by atoms with E-state index in [-0.39, 0.29) is 23.9 Å². The quantitative estimate of drug-likeness (QED) is 0.356. The number of anilines is 2. The van der Waals surface area contributed by atoms with E-state index in [1.807, 2.05) is 12.1 Å². The van der Waals surface area contributed by atoms with Gasteiger partial charge in [0.1, 0.15) is 5.82 Å². The predicted octanol–water partition coefficient (Wildman–Crippen LogP) is 2.84. The largest absolute Gasteiger partial charge is 0.493 e. The van der Waals surface area contributed by atoms with Crippen LogP contribution in [0.25, 0.3) is 0 Å². The van der Waals surface area contributed by atoms with Gasteiger partial charge in [-0.1, -0.05) is 11.8 Å². The van der Waals surface area contributed by atoms with Gasteiger partial charge in [0.2, 0.25) is 5.95 Å². The number of aromatic nitrogens is 2. The number of carbonyl (C=O) groups excluding carboxylic acids is 1. The van der Waals surface area contributed by atoms with Crippen molar-refractivity contribution in [1.29, 1.82) is 0 Å². The van der Waals surface area contributed by atoms with Crippen molar-refractivity contribution in [2.45, 2.75) is 13.3 Å². The minimum absolute atomic E-state index is 0.101. The van der Waals surface area contributed by atoms with Crippen molar-refractivity contribution < 1.29 is 28.5 Å². The molecule has 2 aromatic carbocycles. The molecular weight excluding hydrogens is 464 g/mol. The van der Waals surface area contributed by atoms with E-state index >= 15 is 0 Å². The van der Waals surface area contributed by atoms with E-state index in [9.17, 15) is 4.79 Å². The van der Waals surface area contributed by atoms with Gasteiger partial charge in [0.15, 0.2) is 23.0 Å². The van der Waals surface area contributed by atoms with E-state index < -0.39 is 5.97 Å². The molecule has 0 aliphatic heterocycles. The molecular formula is C26H28N4O6. The lowest BCUT2D eigenvalue weighted by molar-refractivity contribution is 0.0526. The molecule has 0 fully saturated rings. The van der Waals surface area contributed by atoms with Gasteiger partial charge >= 0.3 is 5.97 Å². The Morgan fingerprint density at radius 3 is 2.06 bits per heavy atom. The Hall–Kier alpha value is -4.65. The smallest absolute Gasteiger partial charge is 0.338 e. The molecule has 0 bridgehead atoms. The van der Waals surface area contributed by atoms with E-state index in [0.29, 0.717) is 46.1 Å². The van der Waals surface area contributed by atoms with Gasteiger partial charge in [-0.2, -0.15) is 4.98 Å². The third kappa shape index (κ3) is 5.70. The minimum atomic E-state index is -0.494. The van der Waals surface area contributed by atoms with Gasteiger partial charge in [-0.15, -0.1) is 0 Å². The molecule has 1 aromatic heterocycles. The molecule has 0 aliphatic rings. The number of nitrogens with zero attached hydrogens (tertiary/aromatic N) is 2. The fourth-order valence-corrected chi connectivity index (χ4v) is 3.53. The first kappa shape index (κ1) is 26.0. The summed E-state index contributed by atoms with van der Waals surface area (Å²) in [5.41, 5.74) is 14.4. The molecule has 3 rings (SSSR count). The Balaban J connectivity index is 2.12. The molecule has 0 radical (unpaired) electrons. The molecule has 188 valence electrons. The average Bonchev–Trinajstić information content (AvgIpc) is 2.88. The van der Waals surface area contributed by atoms with Crippen molar-refractivity contribution in [3.8, 4) is 34.8 Å². The summed E-state index contributed by atoms with van der Waals surface area (Å²) in [7, 11) is 6.04. The van der Waals surface area contributed by atoms with Crippen molar-refractivity contribution in [1.82, 2.24) is 9.97 Å². The first-order valence-corrected chi connectivity index (χ1v) is 10.9. The third-order valence-corrected chi connectivity index (χ3v) is 5.17. The fourth-order valence-electron chi connectivity index (χ4n) is 3.53. The van der Waals surface area contributed by atoms with Crippen LogP contribution in [-0.2, 0) is 11.2 Å². The van der Waals surface area contributed by atoms with Crippen LogP contribution in [-0.4, -0.2) is 51.0 Å². The van der Waals surface area contributed by atoms with E-state index in [0.717, 1.165) is 5.56 Å². The second kappa shape index (κ2) is 11.7. The molecule has 0 saturated carbocycles. The average molecular weight is 493 g/mol. The number of rotatable bonds is 8. The zero-order valence-corrected chi connectivity index (χ0v) is 20.8. The SMILES string of the molecule is CCOC(=O)c1cc(C#Cc2cc(Cc3cnc(N)nc3N)cc(OC)c2OC)c(OC)c(OC)c1. The van der Waals surface area contributed by atoms with Gasteiger partial charge in [-0.05, 0) is 36.8 Å². The van der Waals surface area contributed by atoms with Crippen LogP contribution in [0.2, 0.25) is 0 Å². The summed E-state index contributed by atoms with van der Waals surface area (Å²) in [6.07, 6.45) is 1.99. The summed E-state index contributed by atoms with van der Waals surface area (Å²) < 4.78 is 27.1. The van der Waals surface area contributed by atoms with Crippen molar-refractivity contribution >= 4 is 17.7 Å². The van der Waals surface area contributed by atoms with Crippen LogP contribution in [0, 0.1) is 11.8 Å². The molecule has 0 aliphatic carbocycles. The zero-order chi connectivity index (χ0) is 26.2. The molecule has 0 unspecified atom stereocenters. The molecule has 3 aromatic rings. The molecule has 1 heterocycles. The van der Waals surface area contributed by atoms with Gasteiger partial charge in [0.05, 0.1) is 51.7 Å². The molecule has 10 heteroatoms. The summed E-state index contributed by atoms with van der Waals surface area (Å²) in [4.78, 5) is 20.4. The number of nitrogens with two attached hydrogens (primary N) is 2. The summed E-state index contributed by atoms with van der Waals surface area (Å²) in [6, 6.07) is 6.81. The van der Waals surface area contributed by atoms with Crippen molar-refractivity contribution in [2.75, 3.05) is 46.5 Å². The fraction of sp³-hybridized carbons (Fsp3) is 0.269. The van der Waals surface area contributed by atoms with Crippen LogP contribution >= 0.6 is 0 Å². The van der Waals surface area contributed by atoms with Crippen LogP contribution in [0.1, 0.15) is 39.5 Å². The number of esters is 1. The number of nitrogen functional groups attached to an aromatic ring is 2. The topological polar surface area (TPSA) is 141 Å². The Bertz CT molecular complexity index is 1330. The first-order chi connectivity index (χ1) is 17.3. The van der Waals surface area contributed by atoms with Crippen molar-refractivity contribution in [3.05, 3.63) is 58.3 Å². The Morgan fingerprint density at radius 1 is 0.889 bits per heavy atom. The molecule has 36 heavy (non-hydrogen) atoms. The van der Waals surface area contributed by atoms with E-state index in [2.05, 4.69) is 21.8 Å². The monoisotopic (exact) mass is 492 g/mol.